The Morgan fingerprint density at radius 2 is 1.96 bits per heavy atom. The minimum Gasteiger partial charge on any atom is -0.495 e. The summed E-state index contributed by atoms with van der Waals surface area (Å²) in [5, 5.41) is 13.2. The molecule has 3 aromatic heterocycles. The molecule has 0 spiro atoms. The van der Waals surface area contributed by atoms with E-state index in [0.717, 1.165) is 11.3 Å². The van der Waals surface area contributed by atoms with Crippen molar-refractivity contribution in [2.24, 2.45) is 0 Å². The van der Waals surface area contributed by atoms with Gasteiger partial charge in [-0.05, 0) is 27.2 Å². The standard InChI is InChI=1S/C18H24N4O4S/c1-18(2,3)27(24,25)16-12-22-14(10-19-17(22)8-15(16)26-4)13-9-20-21(11-13)6-5-7-23/h8-12,23H,5-7H2,1-4H3. The van der Waals surface area contributed by atoms with Gasteiger partial charge in [0, 0.05) is 37.2 Å². The van der Waals surface area contributed by atoms with Crippen LogP contribution in [0.2, 0.25) is 0 Å². The van der Waals surface area contributed by atoms with Crippen LogP contribution in [0, 0.1) is 0 Å². The molecule has 0 saturated carbocycles. The highest BCUT2D eigenvalue weighted by Crippen LogP contribution is 2.34. The SMILES string of the molecule is COc1cc2ncc(-c3cnn(CCCO)c3)n2cc1S(=O)(=O)C(C)(C)C. The van der Waals surface area contributed by atoms with Crippen molar-refractivity contribution in [3.63, 3.8) is 0 Å². The van der Waals surface area contributed by atoms with Crippen molar-refractivity contribution < 1.29 is 18.3 Å². The van der Waals surface area contributed by atoms with Gasteiger partial charge in [-0.3, -0.25) is 9.08 Å². The molecule has 27 heavy (non-hydrogen) atoms. The van der Waals surface area contributed by atoms with E-state index >= 15 is 0 Å². The number of aliphatic hydroxyl groups excluding tert-OH is 1. The first-order chi connectivity index (χ1) is 12.7. The van der Waals surface area contributed by atoms with Gasteiger partial charge in [-0.15, -0.1) is 0 Å². The number of aliphatic hydroxyl groups is 1. The molecule has 9 heteroatoms. The van der Waals surface area contributed by atoms with Gasteiger partial charge in [0.05, 0.1) is 29.9 Å². The second-order valence-corrected chi connectivity index (χ2v) is 9.93. The monoisotopic (exact) mass is 392 g/mol. The van der Waals surface area contributed by atoms with Crippen LogP contribution in [0.5, 0.6) is 5.75 Å². The van der Waals surface area contributed by atoms with E-state index < -0.39 is 14.6 Å². The minimum atomic E-state index is -3.62. The zero-order chi connectivity index (χ0) is 19.8. The van der Waals surface area contributed by atoms with E-state index in [-0.39, 0.29) is 17.3 Å². The maximum absolute atomic E-state index is 13.0. The van der Waals surface area contributed by atoms with E-state index in [0.29, 0.717) is 18.6 Å². The van der Waals surface area contributed by atoms with Crippen molar-refractivity contribution in [1.29, 1.82) is 0 Å². The number of pyridine rings is 1. The largest absolute Gasteiger partial charge is 0.495 e. The molecule has 3 heterocycles. The Bertz CT molecular complexity index is 1060. The van der Waals surface area contributed by atoms with E-state index in [1.54, 1.807) is 54.5 Å². The van der Waals surface area contributed by atoms with Crippen LogP contribution in [0.3, 0.4) is 0 Å². The molecule has 0 amide bonds. The molecule has 3 rings (SSSR count). The van der Waals surface area contributed by atoms with Crippen LogP contribution in [0.25, 0.3) is 16.9 Å². The molecule has 0 bridgehead atoms. The zero-order valence-electron chi connectivity index (χ0n) is 15.9. The van der Waals surface area contributed by atoms with Crippen molar-refractivity contribution in [1.82, 2.24) is 19.2 Å². The number of hydrogen-bond acceptors (Lipinski definition) is 6. The van der Waals surface area contributed by atoms with Gasteiger partial charge in [-0.25, -0.2) is 13.4 Å². The number of sulfone groups is 1. The first-order valence-corrected chi connectivity index (χ1v) is 10.1. The molecule has 0 aliphatic rings. The summed E-state index contributed by atoms with van der Waals surface area (Å²) in [6.45, 7) is 5.67. The smallest absolute Gasteiger partial charge is 0.188 e. The van der Waals surface area contributed by atoms with Gasteiger partial charge in [0.15, 0.2) is 9.84 Å². The number of rotatable bonds is 6. The zero-order valence-corrected chi connectivity index (χ0v) is 16.7. The van der Waals surface area contributed by atoms with Gasteiger partial charge in [-0.1, -0.05) is 0 Å². The van der Waals surface area contributed by atoms with Gasteiger partial charge < -0.3 is 9.84 Å². The Labute approximate surface area is 158 Å². The summed E-state index contributed by atoms with van der Waals surface area (Å²) in [4.78, 5) is 4.49. The van der Waals surface area contributed by atoms with Crippen LogP contribution in [0.1, 0.15) is 27.2 Å². The predicted octanol–water partition coefficient (Wildman–Crippen LogP) is 2.16. The molecule has 8 nitrogen and oxygen atoms in total. The average molecular weight is 392 g/mol. The quantitative estimate of drug-likeness (QED) is 0.690. The summed E-state index contributed by atoms with van der Waals surface area (Å²) in [6, 6.07) is 1.62. The van der Waals surface area contributed by atoms with Gasteiger partial charge >= 0.3 is 0 Å². The molecule has 0 fully saturated rings. The van der Waals surface area contributed by atoms with Gasteiger partial charge in [0.2, 0.25) is 0 Å². The molecular weight excluding hydrogens is 368 g/mol. The molecule has 0 unspecified atom stereocenters. The Morgan fingerprint density at radius 3 is 2.59 bits per heavy atom. The lowest BCUT2D eigenvalue weighted by Crippen LogP contribution is -2.28. The third-order valence-corrected chi connectivity index (χ3v) is 6.86. The fourth-order valence-corrected chi connectivity index (χ4v) is 4.05. The Balaban J connectivity index is 2.15. The van der Waals surface area contributed by atoms with Crippen molar-refractivity contribution in [2.45, 2.75) is 43.4 Å². The summed E-state index contributed by atoms with van der Waals surface area (Å²) in [5.41, 5.74) is 2.12. The normalized spacial score (nSPS) is 12.6. The fraction of sp³-hybridized carbons (Fsp3) is 0.444. The maximum Gasteiger partial charge on any atom is 0.188 e. The Hall–Kier alpha value is -2.39. The second kappa shape index (κ2) is 6.97. The minimum absolute atomic E-state index is 0.0959. The van der Waals surface area contributed by atoms with Crippen LogP contribution in [-0.2, 0) is 16.4 Å². The Kier molecular flexibility index (Phi) is 5.00. The summed E-state index contributed by atoms with van der Waals surface area (Å²) >= 11 is 0. The van der Waals surface area contributed by atoms with Crippen molar-refractivity contribution in [2.75, 3.05) is 13.7 Å². The number of ether oxygens (including phenoxy) is 1. The topological polar surface area (TPSA) is 98.7 Å². The summed E-state index contributed by atoms with van der Waals surface area (Å²) < 4.78 is 33.9. The number of fused-ring (bicyclic) bond motifs is 1. The second-order valence-electron chi connectivity index (χ2n) is 7.26. The molecule has 0 saturated heterocycles. The van der Waals surface area contributed by atoms with Crippen molar-refractivity contribution in [3.05, 3.63) is 30.9 Å². The highest BCUT2D eigenvalue weighted by atomic mass is 32.2. The summed E-state index contributed by atoms with van der Waals surface area (Å²) in [6.07, 6.45) is 7.39. The van der Waals surface area contributed by atoms with Crippen molar-refractivity contribution in [3.8, 4) is 17.0 Å². The number of imidazole rings is 1. The Morgan fingerprint density at radius 1 is 1.22 bits per heavy atom. The molecule has 146 valence electrons. The van der Waals surface area contributed by atoms with E-state index in [2.05, 4.69) is 10.1 Å². The lowest BCUT2D eigenvalue weighted by Gasteiger charge is -2.21. The van der Waals surface area contributed by atoms with E-state index in [9.17, 15) is 8.42 Å². The van der Waals surface area contributed by atoms with Crippen LogP contribution in [0.15, 0.2) is 35.7 Å². The highest BCUT2D eigenvalue weighted by Gasteiger charge is 2.34. The van der Waals surface area contributed by atoms with Crippen LogP contribution < -0.4 is 4.74 Å². The average Bonchev–Trinajstić information content (AvgIpc) is 3.23. The molecule has 0 aliphatic heterocycles. The van der Waals surface area contributed by atoms with E-state index in [1.807, 2.05) is 6.20 Å². The summed E-state index contributed by atoms with van der Waals surface area (Å²) in [5.74, 6) is 0.271. The highest BCUT2D eigenvalue weighted by molar-refractivity contribution is 7.92. The third kappa shape index (κ3) is 3.44. The fourth-order valence-electron chi connectivity index (χ4n) is 2.74. The third-order valence-electron chi connectivity index (χ3n) is 4.36. The number of methoxy groups -OCH3 is 1. The number of nitrogens with zero attached hydrogens (tertiary/aromatic N) is 4. The lowest BCUT2D eigenvalue weighted by atomic mass is 10.3. The maximum atomic E-state index is 13.0. The lowest BCUT2D eigenvalue weighted by molar-refractivity contribution is 0.277. The molecule has 0 aliphatic carbocycles. The van der Waals surface area contributed by atoms with Crippen LogP contribution in [0.4, 0.5) is 0 Å². The van der Waals surface area contributed by atoms with Crippen molar-refractivity contribution >= 4 is 15.5 Å². The van der Waals surface area contributed by atoms with E-state index in [1.165, 1.54) is 7.11 Å². The van der Waals surface area contributed by atoms with E-state index in [4.69, 9.17) is 9.84 Å². The molecule has 3 aromatic rings. The first kappa shape index (κ1) is 19.4. The van der Waals surface area contributed by atoms with Crippen LogP contribution in [-0.4, -0.2) is 51.2 Å². The predicted molar refractivity (Wildman–Crippen MR) is 102 cm³/mol. The van der Waals surface area contributed by atoms with Gasteiger partial charge in [0.1, 0.15) is 16.3 Å². The number of hydrogen-bond donors (Lipinski definition) is 1. The van der Waals surface area contributed by atoms with Gasteiger partial charge in [0.25, 0.3) is 0 Å². The summed E-state index contributed by atoms with van der Waals surface area (Å²) in [7, 11) is -2.17. The molecule has 0 radical (unpaired) electrons. The molecule has 1 N–H and O–H groups in total. The van der Waals surface area contributed by atoms with Gasteiger partial charge in [-0.2, -0.15) is 5.10 Å². The number of aromatic nitrogens is 4. The molecular formula is C18H24N4O4S. The molecule has 0 atom stereocenters. The molecule has 0 aromatic carbocycles. The first-order valence-electron chi connectivity index (χ1n) is 8.62. The van der Waals surface area contributed by atoms with Crippen LogP contribution >= 0.6 is 0 Å². The number of aryl methyl sites for hydroxylation is 1.